The van der Waals surface area contributed by atoms with Crippen LogP contribution < -0.4 is 5.32 Å². The Hall–Kier alpha value is -0.0800. The first-order valence-electron chi connectivity index (χ1n) is 4.32. The van der Waals surface area contributed by atoms with Crippen LogP contribution in [0.5, 0.6) is 0 Å². The molecule has 0 heterocycles. The summed E-state index contributed by atoms with van der Waals surface area (Å²) in [6.45, 7) is 8.21. The van der Waals surface area contributed by atoms with Gasteiger partial charge in [-0.05, 0) is 26.8 Å². The Morgan fingerprint density at radius 1 is 1.45 bits per heavy atom. The van der Waals surface area contributed by atoms with E-state index in [0.29, 0.717) is 5.92 Å². The number of rotatable bonds is 4. The molecule has 68 valence electrons. The molecule has 2 nitrogen and oxygen atoms in total. The highest BCUT2D eigenvalue weighted by molar-refractivity contribution is 4.86. The molecule has 0 rings (SSSR count). The summed E-state index contributed by atoms with van der Waals surface area (Å²) in [5.41, 5.74) is -0.171. The second-order valence-electron chi connectivity index (χ2n) is 3.80. The van der Waals surface area contributed by atoms with Gasteiger partial charge in [-0.15, -0.1) is 0 Å². The number of nitrogens with one attached hydrogen (secondary N) is 1. The summed E-state index contributed by atoms with van der Waals surface area (Å²) in [4.78, 5) is 0. The molecule has 0 radical (unpaired) electrons. The molecule has 0 amide bonds. The quantitative estimate of drug-likeness (QED) is 0.649. The zero-order chi connectivity index (χ0) is 9.07. The normalized spacial score (nSPS) is 18.0. The van der Waals surface area contributed by atoms with Crippen molar-refractivity contribution in [2.45, 2.75) is 45.8 Å². The van der Waals surface area contributed by atoms with E-state index in [0.717, 1.165) is 6.42 Å². The zero-order valence-electron chi connectivity index (χ0n) is 8.31. The Kier molecular flexibility index (Phi) is 4.04. The van der Waals surface area contributed by atoms with Gasteiger partial charge < -0.3 is 10.4 Å². The minimum Gasteiger partial charge on any atom is -0.391 e. The molecule has 0 aliphatic rings. The first kappa shape index (κ1) is 10.9. The fourth-order valence-electron chi connectivity index (χ4n) is 1.08. The van der Waals surface area contributed by atoms with E-state index in [4.69, 9.17) is 0 Å². The van der Waals surface area contributed by atoms with Gasteiger partial charge in [0.2, 0.25) is 0 Å². The minimum absolute atomic E-state index is 0.171. The van der Waals surface area contributed by atoms with Gasteiger partial charge in [0.15, 0.2) is 0 Å². The third kappa shape index (κ3) is 2.80. The molecule has 0 aromatic heterocycles. The topological polar surface area (TPSA) is 32.3 Å². The highest BCUT2D eigenvalue weighted by Crippen LogP contribution is 2.18. The van der Waals surface area contributed by atoms with Crippen LogP contribution >= 0.6 is 0 Å². The van der Waals surface area contributed by atoms with E-state index in [1.807, 2.05) is 20.9 Å². The molecule has 11 heavy (non-hydrogen) atoms. The van der Waals surface area contributed by atoms with Crippen molar-refractivity contribution in [1.82, 2.24) is 5.32 Å². The van der Waals surface area contributed by atoms with E-state index in [9.17, 15) is 5.11 Å². The molecule has 0 aliphatic carbocycles. The van der Waals surface area contributed by atoms with Gasteiger partial charge in [-0.25, -0.2) is 0 Å². The molecule has 0 spiro atoms. The molecule has 2 N–H and O–H groups in total. The van der Waals surface area contributed by atoms with E-state index in [-0.39, 0.29) is 11.6 Å². The third-order valence-corrected chi connectivity index (χ3v) is 2.57. The van der Waals surface area contributed by atoms with Crippen LogP contribution in [-0.4, -0.2) is 23.8 Å². The maximum absolute atomic E-state index is 9.78. The number of hydrogen-bond donors (Lipinski definition) is 2. The second-order valence-corrected chi connectivity index (χ2v) is 3.80. The van der Waals surface area contributed by atoms with Gasteiger partial charge in [0.05, 0.1) is 6.10 Å². The average Bonchev–Trinajstić information content (AvgIpc) is 2.01. The predicted molar refractivity (Wildman–Crippen MR) is 48.6 cm³/mol. The Bertz CT molecular complexity index is 112. The standard InChI is InChI=1S/C9H21NO/c1-6-7(2)8(11)9(3,4)10-5/h7-8,10-11H,6H2,1-5H3. The van der Waals surface area contributed by atoms with Crippen LogP contribution in [0.3, 0.4) is 0 Å². The van der Waals surface area contributed by atoms with Crippen molar-refractivity contribution in [2.24, 2.45) is 5.92 Å². The minimum atomic E-state index is -0.266. The smallest absolute Gasteiger partial charge is 0.0741 e. The lowest BCUT2D eigenvalue weighted by molar-refractivity contribution is 0.0378. The summed E-state index contributed by atoms with van der Waals surface area (Å²) >= 11 is 0. The monoisotopic (exact) mass is 159 g/mol. The summed E-state index contributed by atoms with van der Waals surface area (Å²) < 4.78 is 0. The van der Waals surface area contributed by atoms with Crippen LogP contribution in [0.1, 0.15) is 34.1 Å². The lowest BCUT2D eigenvalue weighted by atomic mass is 9.87. The molecular weight excluding hydrogens is 138 g/mol. The number of aliphatic hydroxyl groups is 1. The molecule has 0 saturated heterocycles. The molecule has 2 atom stereocenters. The Labute approximate surface area is 70.0 Å². The summed E-state index contributed by atoms with van der Waals surface area (Å²) in [6, 6.07) is 0. The number of aliphatic hydroxyl groups excluding tert-OH is 1. The van der Waals surface area contributed by atoms with Gasteiger partial charge in [-0.2, -0.15) is 0 Å². The van der Waals surface area contributed by atoms with Crippen molar-refractivity contribution in [2.75, 3.05) is 7.05 Å². The van der Waals surface area contributed by atoms with Crippen LogP contribution in [0.15, 0.2) is 0 Å². The van der Waals surface area contributed by atoms with E-state index in [2.05, 4.69) is 19.2 Å². The van der Waals surface area contributed by atoms with E-state index >= 15 is 0 Å². The summed E-state index contributed by atoms with van der Waals surface area (Å²) in [5.74, 6) is 0.359. The SMILES string of the molecule is CCC(C)C(O)C(C)(C)NC. The highest BCUT2D eigenvalue weighted by atomic mass is 16.3. The molecule has 0 bridgehead atoms. The van der Waals surface area contributed by atoms with Crippen LogP contribution in [-0.2, 0) is 0 Å². The number of hydrogen-bond acceptors (Lipinski definition) is 2. The molecular formula is C9H21NO. The molecule has 2 heteroatoms. The van der Waals surface area contributed by atoms with Crippen molar-refractivity contribution in [1.29, 1.82) is 0 Å². The lowest BCUT2D eigenvalue weighted by Crippen LogP contribution is -2.50. The van der Waals surface area contributed by atoms with Crippen molar-refractivity contribution in [3.63, 3.8) is 0 Å². The first-order chi connectivity index (χ1) is 4.95. The second kappa shape index (κ2) is 4.07. The van der Waals surface area contributed by atoms with Gasteiger partial charge >= 0.3 is 0 Å². The van der Waals surface area contributed by atoms with Gasteiger partial charge in [0, 0.05) is 5.54 Å². The molecule has 0 aromatic carbocycles. The maximum Gasteiger partial charge on any atom is 0.0741 e. The summed E-state index contributed by atoms with van der Waals surface area (Å²) in [5, 5.41) is 12.9. The largest absolute Gasteiger partial charge is 0.391 e. The van der Waals surface area contributed by atoms with E-state index < -0.39 is 0 Å². The molecule has 0 aliphatic heterocycles. The van der Waals surface area contributed by atoms with Gasteiger partial charge in [-0.1, -0.05) is 20.3 Å². The fraction of sp³-hybridized carbons (Fsp3) is 1.00. The van der Waals surface area contributed by atoms with Gasteiger partial charge in [0.25, 0.3) is 0 Å². The van der Waals surface area contributed by atoms with Gasteiger partial charge in [-0.3, -0.25) is 0 Å². The third-order valence-electron chi connectivity index (χ3n) is 2.57. The average molecular weight is 159 g/mol. The van der Waals surface area contributed by atoms with Crippen molar-refractivity contribution in [3.05, 3.63) is 0 Å². The zero-order valence-corrected chi connectivity index (χ0v) is 8.31. The van der Waals surface area contributed by atoms with Crippen LogP contribution in [0.25, 0.3) is 0 Å². The van der Waals surface area contributed by atoms with Crippen molar-refractivity contribution in [3.8, 4) is 0 Å². The molecule has 0 aromatic rings. The molecule has 0 saturated carbocycles. The Morgan fingerprint density at radius 2 is 1.91 bits per heavy atom. The fourth-order valence-corrected chi connectivity index (χ4v) is 1.08. The summed E-state index contributed by atoms with van der Waals surface area (Å²) in [7, 11) is 1.88. The maximum atomic E-state index is 9.78. The van der Waals surface area contributed by atoms with Gasteiger partial charge in [0.1, 0.15) is 0 Å². The van der Waals surface area contributed by atoms with Crippen LogP contribution in [0, 0.1) is 5.92 Å². The first-order valence-corrected chi connectivity index (χ1v) is 4.32. The van der Waals surface area contributed by atoms with Crippen LogP contribution in [0.2, 0.25) is 0 Å². The van der Waals surface area contributed by atoms with E-state index in [1.165, 1.54) is 0 Å². The van der Waals surface area contributed by atoms with Crippen molar-refractivity contribution >= 4 is 0 Å². The van der Waals surface area contributed by atoms with Crippen molar-refractivity contribution < 1.29 is 5.11 Å². The highest BCUT2D eigenvalue weighted by Gasteiger charge is 2.29. The number of likely N-dealkylation sites (N-methyl/N-ethyl adjacent to an activating group) is 1. The van der Waals surface area contributed by atoms with E-state index in [1.54, 1.807) is 0 Å². The van der Waals surface area contributed by atoms with Crippen LogP contribution in [0.4, 0.5) is 0 Å². The summed E-state index contributed by atoms with van der Waals surface area (Å²) in [6.07, 6.45) is 0.754. The molecule has 0 fully saturated rings. The Balaban J connectivity index is 4.10. The Morgan fingerprint density at radius 3 is 2.18 bits per heavy atom. The lowest BCUT2D eigenvalue weighted by Gasteiger charge is -2.33. The predicted octanol–water partition coefficient (Wildman–Crippen LogP) is 1.39. The molecule has 2 unspecified atom stereocenters.